The number of rotatable bonds is 4. The third kappa shape index (κ3) is 3.23. The third-order valence-corrected chi connectivity index (χ3v) is 3.31. The molecule has 0 aliphatic rings. The largest absolute Gasteiger partial charge is 0.454 e. The van der Waals surface area contributed by atoms with Crippen LogP contribution in [0.25, 0.3) is 0 Å². The van der Waals surface area contributed by atoms with E-state index in [0.29, 0.717) is 0 Å². The second-order valence-corrected chi connectivity index (χ2v) is 5.04. The summed E-state index contributed by atoms with van der Waals surface area (Å²) in [6.07, 6.45) is -34.5. The van der Waals surface area contributed by atoms with Gasteiger partial charge in [-0.3, -0.25) is 0 Å². The highest BCUT2D eigenvalue weighted by Crippen LogP contribution is 2.75. The Balaban J connectivity index is 8.26. The van der Waals surface area contributed by atoms with E-state index in [1.165, 1.54) is 0 Å². The topological polar surface area (TPSA) is 0 Å². The molecule has 0 heterocycles. The molecule has 0 saturated heterocycles. The minimum absolute atomic E-state index is 8.62. The maximum atomic E-state index is 13.3. The Morgan fingerprint density at radius 2 is 0.310 bits per heavy atom. The van der Waals surface area contributed by atoms with Gasteiger partial charge in [0.25, 0.3) is 5.41 Å². The van der Waals surface area contributed by atoms with Crippen LogP contribution in [0, 0.1) is 5.41 Å². The van der Waals surface area contributed by atoms with Gasteiger partial charge in [-0.25, -0.2) is 0 Å². The highest BCUT2D eigenvalue weighted by atomic mass is 19.4. The van der Waals surface area contributed by atoms with Crippen LogP contribution in [0.1, 0.15) is 0 Å². The zero-order chi connectivity index (χ0) is 24.5. The predicted molar refractivity (Wildman–Crippen MR) is 46.4 cm³/mol. The van der Waals surface area contributed by atoms with Crippen molar-refractivity contribution in [3.05, 3.63) is 0 Å². The van der Waals surface area contributed by atoms with E-state index in [1.54, 1.807) is 0 Å². The lowest BCUT2D eigenvalue weighted by atomic mass is 9.63. The highest BCUT2D eigenvalue weighted by molar-refractivity contribution is 5.23. The Labute approximate surface area is 143 Å². The van der Waals surface area contributed by atoms with Crippen molar-refractivity contribution in [2.24, 2.45) is 5.41 Å². The first-order chi connectivity index (χ1) is 12.0. The number of hydrogen-bond donors (Lipinski definition) is 0. The fraction of sp³-hybridized carbons (Fsp3) is 1.00. The van der Waals surface area contributed by atoms with Crippen LogP contribution in [-0.2, 0) is 0 Å². The molecule has 0 N–H and O–H groups in total. The van der Waals surface area contributed by atoms with E-state index in [1.807, 2.05) is 0 Å². The monoisotopic (exact) mass is 488 g/mol. The quantitative estimate of drug-likeness (QED) is 0.384. The number of alkyl halides is 20. The highest BCUT2D eigenvalue weighted by Gasteiger charge is 3.05. The maximum Gasteiger partial charge on any atom is 0.454 e. The number of hydrogen-bond acceptors (Lipinski definition) is 0. The zero-order valence-corrected chi connectivity index (χ0v) is 12.1. The van der Waals surface area contributed by atoms with E-state index in [2.05, 4.69) is 0 Å². The molecular formula is C9F20. The Kier molecular flexibility index (Phi) is 6.00. The van der Waals surface area contributed by atoms with Crippen molar-refractivity contribution in [2.45, 2.75) is 48.4 Å². The molecule has 0 spiro atoms. The number of halogens is 20. The molecule has 0 aliphatic carbocycles. The molecule has 0 aromatic heterocycles. The summed E-state index contributed by atoms with van der Waals surface area (Å²) in [6.45, 7) is 0. The van der Waals surface area contributed by atoms with Gasteiger partial charge in [-0.15, -0.1) is 0 Å². The van der Waals surface area contributed by atoms with Crippen LogP contribution in [0.3, 0.4) is 0 Å². The lowest BCUT2D eigenvalue weighted by Crippen LogP contribution is -2.82. The Bertz CT molecular complexity index is 482. The molecular weight excluding hydrogens is 488 g/mol. The fourth-order valence-corrected chi connectivity index (χ4v) is 2.03. The molecule has 0 amide bonds. The molecule has 0 nitrogen and oxygen atoms in total. The van der Waals surface area contributed by atoms with Crippen molar-refractivity contribution in [2.75, 3.05) is 0 Å². The van der Waals surface area contributed by atoms with E-state index in [4.69, 9.17) is 0 Å². The summed E-state index contributed by atoms with van der Waals surface area (Å²) in [5.74, 6) is -37.3. The average molecular weight is 488 g/mol. The third-order valence-electron chi connectivity index (χ3n) is 3.31. The van der Waals surface area contributed by atoms with Crippen LogP contribution in [0.5, 0.6) is 0 Å². The van der Waals surface area contributed by atoms with E-state index in [9.17, 15) is 87.8 Å². The smallest absolute Gasteiger partial charge is 0.195 e. The molecule has 0 saturated carbocycles. The van der Waals surface area contributed by atoms with Crippen LogP contribution in [0.2, 0.25) is 0 Å². The van der Waals surface area contributed by atoms with Crippen LogP contribution in [0.15, 0.2) is 0 Å². The van der Waals surface area contributed by atoms with Gasteiger partial charge < -0.3 is 0 Å². The van der Waals surface area contributed by atoms with Crippen molar-refractivity contribution in [1.29, 1.82) is 0 Å². The molecule has 0 radical (unpaired) electrons. The molecule has 29 heavy (non-hydrogen) atoms. The van der Waals surface area contributed by atoms with Gasteiger partial charge in [-0.2, -0.15) is 87.8 Å². The molecule has 0 atom stereocenters. The van der Waals surface area contributed by atoms with Crippen LogP contribution >= 0.6 is 0 Å². The van der Waals surface area contributed by atoms with Crippen molar-refractivity contribution in [1.82, 2.24) is 0 Å². The maximum absolute atomic E-state index is 13.3. The molecule has 0 aliphatic heterocycles. The lowest BCUT2D eigenvalue weighted by Gasteiger charge is -2.52. The van der Waals surface area contributed by atoms with Gasteiger partial charge in [0.1, 0.15) is 0 Å². The standard InChI is InChI=1S/C9F20/c10-2(11,6(18,19)20)1(3(12,13)7(21,22)23,4(14,15)8(24,25)26)5(16,17)9(27,28)29. The van der Waals surface area contributed by atoms with Gasteiger partial charge in [-0.05, 0) is 0 Å². The van der Waals surface area contributed by atoms with Crippen molar-refractivity contribution in [3.8, 4) is 0 Å². The lowest BCUT2D eigenvalue weighted by molar-refractivity contribution is -0.531. The van der Waals surface area contributed by atoms with Gasteiger partial charge in [-0.1, -0.05) is 0 Å². The summed E-state index contributed by atoms with van der Waals surface area (Å²) in [5.41, 5.74) is -9.81. The van der Waals surface area contributed by atoms with E-state index < -0.39 is 53.8 Å². The molecule has 0 unspecified atom stereocenters. The molecule has 0 bridgehead atoms. The van der Waals surface area contributed by atoms with Gasteiger partial charge in [0.15, 0.2) is 0 Å². The van der Waals surface area contributed by atoms with Crippen molar-refractivity contribution < 1.29 is 87.8 Å². The predicted octanol–water partition coefficient (Wildman–Crippen LogP) is 6.76. The molecule has 0 aromatic rings. The molecule has 0 aromatic carbocycles. The van der Waals surface area contributed by atoms with E-state index in [0.717, 1.165) is 0 Å². The normalized spacial score (nSPS) is 17.0. The van der Waals surface area contributed by atoms with Crippen molar-refractivity contribution >= 4 is 0 Å². The Morgan fingerprint density at radius 3 is 0.379 bits per heavy atom. The Hall–Kier alpha value is -1.40. The summed E-state index contributed by atoms with van der Waals surface area (Å²) in [4.78, 5) is 0. The summed E-state index contributed by atoms with van der Waals surface area (Å²) in [6, 6.07) is 0. The fourth-order valence-electron chi connectivity index (χ4n) is 2.03. The van der Waals surface area contributed by atoms with Crippen LogP contribution in [-0.4, -0.2) is 48.4 Å². The summed E-state index contributed by atoms with van der Waals surface area (Å²) < 4.78 is 253. The molecule has 0 rings (SSSR count). The van der Waals surface area contributed by atoms with Crippen LogP contribution < -0.4 is 0 Å². The van der Waals surface area contributed by atoms with Gasteiger partial charge in [0, 0.05) is 0 Å². The van der Waals surface area contributed by atoms with E-state index >= 15 is 0 Å². The first-order valence-corrected chi connectivity index (χ1v) is 5.78. The van der Waals surface area contributed by atoms with Crippen molar-refractivity contribution in [3.63, 3.8) is 0 Å². The molecule has 20 heteroatoms. The van der Waals surface area contributed by atoms with E-state index in [-0.39, 0.29) is 0 Å². The summed E-state index contributed by atoms with van der Waals surface area (Å²) >= 11 is 0. The minimum Gasteiger partial charge on any atom is -0.195 e. The summed E-state index contributed by atoms with van der Waals surface area (Å²) in [7, 11) is 0. The SMILES string of the molecule is FC(F)(F)C(F)(F)C(C(F)(F)C(F)(F)F)(C(F)(F)C(F)(F)F)C(F)(F)C(F)(F)F. The average Bonchev–Trinajstić information content (AvgIpc) is 2.31. The molecule has 176 valence electrons. The van der Waals surface area contributed by atoms with Crippen LogP contribution in [0.4, 0.5) is 87.8 Å². The first-order valence-electron chi connectivity index (χ1n) is 5.78. The minimum atomic E-state index is -9.81. The second kappa shape index (κ2) is 6.30. The summed E-state index contributed by atoms with van der Waals surface area (Å²) in [5, 5.41) is 0. The van der Waals surface area contributed by atoms with Gasteiger partial charge in [0.2, 0.25) is 0 Å². The first kappa shape index (κ1) is 27.6. The zero-order valence-electron chi connectivity index (χ0n) is 12.1. The second-order valence-electron chi connectivity index (χ2n) is 5.04. The molecule has 0 fully saturated rings. The van der Waals surface area contributed by atoms with Gasteiger partial charge >= 0.3 is 48.4 Å². The van der Waals surface area contributed by atoms with Gasteiger partial charge in [0.05, 0.1) is 0 Å². The Morgan fingerprint density at radius 1 is 0.207 bits per heavy atom.